The van der Waals surface area contributed by atoms with Gasteiger partial charge in [0.25, 0.3) is 5.56 Å². The Balaban J connectivity index is 1.57. The van der Waals surface area contributed by atoms with Crippen molar-refractivity contribution in [3.8, 4) is 11.3 Å². The molecule has 0 unspecified atom stereocenters. The Morgan fingerprint density at radius 1 is 1.26 bits per heavy atom. The third kappa shape index (κ3) is 3.93. The number of ether oxygens (including phenoxy) is 1. The van der Waals surface area contributed by atoms with E-state index in [-0.39, 0.29) is 5.56 Å². The first kappa shape index (κ1) is 18.2. The van der Waals surface area contributed by atoms with E-state index in [9.17, 15) is 4.79 Å². The molecule has 1 saturated heterocycles. The molecule has 0 spiro atoms. The first-order chi connectivity index (χ1) is 13.1. The lowest BCUT2D eigenvalue weighted by Gasteiger charge is -2.26. The average Bonchev–Trinajstić information content (AvgIpc) is 3.00. The minimum Gasteiger partial charge on any atom is -0.379 e. The molecule has 1 N–H and O–H groups in total. The van der Waals surface area contributed by atoms with Crippen LogP contribution in [0.15, 0.2) is 35.1 Å². The van der Waals surface area contributed by atoms with Gasteiger partial charge in [0.1, 0.15) is 0 Å². The van der Waals surface area contributed by atoms with Crippen LogP contribution in [-0.4, -0.2) is 52.3 Å². The van der Waals surface area contributed by atoms with Gasteiger partial charge >= 0.3 is 0 Å². The molecule has 1 aliphatic heterocycles. The fraction of sp³-hybridized carbons (Fsp3) is 0.400. The Morgan fingerprint density at radius 3 is 2.85 bits per heavy atom. The number of hydrogen-bond acceptors (Lipinski definition) is 4. The van der Waals surface area contributed by atoms with E-state index < -0.39 is 0 Å². The molecule has 1 aliphatic rings. The smallest absolute Gasteiger partial charge is 0.272 e. The Kier molecular flexibility index (Phi) is 5.29. The number of benzene rings is 1. The van der Waals surface area contributed by atoms with Crippen LogP contribution in [0.4, 0.5) is 0 Å². The van der Waals surface area contributed by atoms with Crippen molar-refractivity contribution >= 4 is 17.2 Å². The van der Waals surface area contributed by atoms with Crippen molar-refractivity contribution < 1.29 is 4.74 Å². The Bertz CT molecular complexity index is 1000. The van der Waals surface area contributed by atoms with Gasteiger partial charge in [0.05, 0.1) is 18.9 Å². The molecule has 7 heteroatoms. The highest BCUT2D eigenvalue weighted by Crippen LogP contribution is 2.26. The number of rotatable bonds is 5. The molecule has 0 bridgehead atoms. The molecule has 3 aromatic rings. The molecule has 0 aliphatic carbocycles. The normalized spacial score (nSPS) is 15.5. The molecule has 0 amide bonds. The summed E-state index contributed by atoms with van der Waals surface area (Å²) in [6, 6.07) is 9.21. The standard InChI is InChI=1S/C20H23ClN4O2/c1-14-19(15-4-2-5-16(21)12-15)23-25-18(26)13-17(22-20(14)25)6-3-7-24-8-10-27-11-9-24/h2,4-5,12-13,23H,3,6-11H2,1H3. The zero-order valence-corrected chi connectivity index (χ0v) is 16.1. The highest BCUT2D eigenvalue weighted by Gasteiger charge is 2.14. The summed E-state index contributed by atoms with van der Waals surface area (Å²) in [6.45, 7) is 6.56. The SMILES string of the molecule is Cc1c(-c2cccc(Cl)c2)[nH]n2c(=O)cc(CCCN3CCOCC3)nc12. The number of aromatic nitrogens is 3. The highest BCUT2D eigenvalue weighted by molar-refractivity contribution is 6.30. The van der Waals surface area contributed by atoms with E-state index in [1.807, 2.05) is 31.2 Å². The maximum Gasteiger partial charge on any atom is 0.272 e. The quantitative estimate of drug-likeness (QED) is 0.732. The lowest BCUT2D eigenvalue weighted by atomic mass is 10.1. The van der Waals surface area contributed by atoms with Crippen LogP contribution in [0.5, 0.6) is 0 Å². The molecular weight excluding hydrogens is 364 g/mol. The second-order valence-electron chi connectivity index (χ2n) is 6.92. The van der Waals surface area contributed by atoms with Crippen molar-refractivity contribution in [2.75, 3.05) is 32.8 Å². The second-order valence-corrected chi connectivity index (χ2v) is 7.36. The summed E-state index contributed by atoms with van der Waals surface area (Å²) in [6.07, 6.45) is 1.77. The Morgan fingerprint density at radius 2 is 2.07 bits per heavy atom. The molecule has 2 aromatic heterocycles. The van der Waals surface area contributed by atoms with Gasteiger partial charge in [0, 0.05) is 41.0 Å². The fourth-order valence-electron chi connectivity index (χ4n) is 3.56. The van der Waals surface area contributed by atoms with Crippen LogP contribution in [0.3, 0.4) is 0 Å². The largest absolute Gasteiger partial charge is 0.379 e. The number of aryl methyl sites for hydroxylation is 2. The maximum absolute atomic E-state index is 12.6. The van der Waals surface area contributed by atoms with Gasteiger partial charge in [0.2, 0.25) is 0 Å². The molecule has 0 saturated carbocycles. The van der Waals surface area contributed by atoms with Gasteiger partial charge in [-0.3, -0.25) is 14.8 Å². The molecule has 3 heterocycles. The van der Waals surface area contributed by atoms with Crippen molar-refractivity contribution in [3.05, 3.63) is 57.0 Å². The van der Waals surface area contributed by atoms with Crippen molar-refractivity contribution in [2.45, 2.75) is 19.8 Å². The van der Waals surface area contributed by atoms with Gasteiger partial charge in [-0.1, -0.05) is 23.7 Å². The number of hydrogen-bond donors (Lipinski definition) is 1. The summed E-state index contributed by atoms with van der Waals surface area (Å²) >= 11 is 6.11. The van der Waals surface area contributed by atoms with Gasteiger partial charge < -0.3 is 4.74 Å². The van der Waals surface area contributed by atoms with Crippen LogP contribution in [-0.2, 0) is 11.2 Å². The van der Waals surface area contributed by atoms with E-state index in [2.05, 4.69) is 10.00 Å². The molecular formula is C20H23ClN4O2. The van der Waals surface area contributed by atoms with Gasteiger partial charge in [-0.05, 0) is 38.4 Å². The van der Waals surface area contributed by atoms with Gasteiger partial charge in [-0.15, -0.1) is 0 Å². The average molecular weight is 387 g/mol. The van der Waals surface area contributed by atoms with E-state index in [4.69, 9.17) is 21.3 Å². The summed E-state index contributed by atoms with van der Waals surface area (Å²) in [5.74, 6) is 0. The fourth-order valence-corrected chi connectivity index (χ4v) is 3.75. The molecule has 1 aromatic carbocycles. The predicted molar refractivity (Wildman–Crippen MR) is 107 cm³/mol. The monoisotopic (exact) mass is 386 g/mol. The van der Waals surface area contributed by atoms with Crippen LogP contribution in [0.1, 0.15) is 17.7 Å². The minimum absolute atomic E-state index is 0.0854. The van der Waals surface area contributed by atoms with Crippen LogP contribution in [0.25, 0.3) is 16.9 Å². The van der Waals surface area contributed by atoms with Crippen LogP contribution in [0, 0.1) is 6.92 Å². The first-order valence-electron chi connectivity index (χ1n) is 9.29. The van der Waals surface area contributed by atoms with Crippen molar-refractivity contribution in [2.24, 2.45) is 0 Å². The number of fused-ring (bicyclic) bond motifs is 1. The molecule has 4 rings (SSSR count). The lowest BCUT2D eigenvalue weighted by Crippen LogP contribution is -2.37. The summed E-state index contributed by atoms with van der Waals surface area (Å²) in [5, 5.41) is 3.83. The summed E-state index contributed by atoms with van der Waals surface area (Å²) in [4.78, 5) is 19.7. The topological polar surface area (TPSA) is 62.6 Å². The molecule has 6 nitrogen and oxygen atoms in total. The second kappa shape index (κ2) is 7.84. The number of nitrogens with one attached hydrogen (secondary N) is 1. The Labute approximate surface area is 162 Å². The number of H-pyrrole nitrogens is 1. The van der Waals surface area contributed by atoms with E-state index in [0.29, 0.717) is 10.7 Å². The van der Waals surface area contributed by atoms with Gasteiger partial charge in [-0.25, -0.2) is 9.50 Å². The summed E-state index contributed by atoms with van der Waals surface area (Å²) < 4.78 is 6.89. The summed E-state index contributed by atoms with van der Waals surface area (Å²) in [5.41, 5.74) is 4.19. The molecule has 142 valence electrons. The molecule has 27 heavy (non-hydrogen) atoms. The maximum atomic E-state index is 12.6. The number of morpholine rings is 1. The predicted octanol–water partition coefficient (Wildman–Crippen LogP) is 2.92. The highest BCUT2D eigenvalue weighted by atomic mass is 35.5. The van der Waals surface area contributed by atoms with E-state index in [0.717, 1.165) is 68.2 Å². The lowest BCUT2D eigenvalue weighted by molar-refractivity contribution is 0.0374. The summed E-state index contributed by atoms with van der Waals surface area (Å²) in [7, 11) is 0. The van der Waals surface area contributed by atoms with Crippen LogP contribution < -0.4 is 5.56 Å². The van der Waals surface area contributed by atoms with Crippen molar-refractivity contribution in [1.29, 1.82) is 0 Å². The number of nitrogens with zero attached hydrogens (tertiary/aromatic N) is 3. The zero-order chi connectivity index (χ0) is 18.8. The molecule has 0 atom stereocenters. The van der Waals surface area contributed by atoms with Gasteiger partial charge in [-0.2, -0.15) is 0 Å². The van der Waals surface area contributed by atoms with Gasteiger partial charge in [0.15, 0.2) is 5.65 Å². The van der Waals surface area contributed by atoms with E-state index in [1.165, 1.54) is 4.52 Å². The number of aromatic amines is 1. The van der Waals surface area contributed by atoms with Crippen molar-refractivity contribution in [1.82, 2.24) is 19.5 Å². The third-order valence-corrected chi connectivity index (χ3v) is 5.27. The van der Waals surface area contributed by atoms with Crippen LogP contribution >= 0.6 is 11.6 Å². The molecule has 0 radical (unpaired) electrons. The third-order valence-electron chi connectivity index (χ3n) is 5.03. The molecule has 1 fully saturated rings. The Hall–Kier alpha value is -2.15. The van der Waals surface area contributed by atoms with E-state index >= 15 is 0 Å². The van der Waals surface area contributed by atoms with E-state index in [1.54, 1.807) is 6.07 Å². The minimum atomic E-state index is -0.0854. The number of halogens is 1. The van der Waals surface area contributed by atoms with Crippen molar-refractivity contribution in [3.63, 3.8) is 0 Å². The van der Waals surface area contributed by atoms with Crippen LogP contribution in [0.2, 0.25) is 5.02 Å². The first-order valence-corrected chi connectivity index (χ1v) is 9.67. The zero-order valence-electron chi connectivity index (χ0n) is 15.4.